The molecule has 0 saturated carbocycles. The largest absolute Gasteiger partial charge is 0.371 e. The van der Waals surface area contributed by atoms with E-state index in [4.69, 9.17) is 22.3 Å². The molecule has 5 nitrogen and oxygen atoms in total. The lowest BCUT2D eigenvalue weighted by molar-refractivity contribution is -0.124. The van der Waals surface area contributed by atoms with Crippen LogP contribution in [0.1, 0.15) is 18.4 Å². The highest BCUT2D eigenvalue weighted by molar-refractivity contribution is 6.47. The van der Waals surface area contributed by atoms with Crippen molar-refractivity contribution < 1.29 is 13.6 Å². The first-order valence-corrected chi connectivity index (χ1v) is 7.64. The van der Waals surface area contributed by atoms with Gasteiger partial charge in [0.1, 0.15) is 22.5 Å². The van der Waals surface area contributed by atoms with Crippen molar-refractivity contribution >= 4 is 23.2 Å². The predicted molar refractivity (Wildman–Crippen MR) is 85.2 cm³/mol. The molecule has 0 unspecified atom stereocenters. The van der Waals surface area contributed by atoms with Gasteiger partial charge in [-0.05, 0) is 18.6 Å². The van der Waals surface area contributed by atoms with E-state index in [1.165, 1.54) is 11.0 Å². The van der Waals surface area contributed by atoms with Gasteiger partial charge in [-0.3, -0.25) is 10.2 Å². The van der Waals surface area contributed by atoms with Crippen LogP contribution in [-0.4, -0.2) is 29.6 Å². The number of amides is 1. The van der Waals surface area contributed by atoms with E-state index in [-0.39, 0.29) is 35.9 Å². The number of piperidine rings is 1. The Bertz CT molecular complexity index is 722. The lowest BCUT2D eigenvalue weighted by Crippen LogP contribution is -2.43. The zero-order valence-electron chi connectivity index (χ0n) is 12.7. The van der Waals surface area contributed by atoms with Crippen LogP contribution in [0.2, 0.25) is 0 Å². The maximum atomic E-state index is 13.6. The molecular weight excluding hydrogens is 338 g/mol. The van der Waals surface area contributed by atoms with Gasteiger partial charge >= 0.3 is 0 Å². The smallest absolute Gasteiger partial charge is 0.272 e. The van der Waals surface area contributed by atoms with E-state index in [1.54, 1.807) is 0 Å². The van der Waals surface area contributed by atoms with E-state index in [0.717, 1.165) is 12.1 Å². The standard InChI is InChI=1S/C16H15ClF2N4O/c17-15(22-9-11-12(18)3-1-4-13(11)19)10-5-8-23(7-2-6-20)16(24)14(10)21/h1,3-4,21-22H,2,5,7-9H2/b15-10-,21-14?. The summed E-state index contributed by atoms with van der Waals surface area (Å²) in [7, 11) is 0. The van der Waals surface area contributed by atoms with Crippen LogP contribution in [0, 0.1) is 28.4 Å². The van der Waals surface area contributed by atoms with Crippen LogP contribution in [0.15, 0.2) is 28.9 Å². The van der Waals surface area contributed by atoms with Crippen molar-refractivity contribution in [2.24, 2.45) is 0 Å². The Morgan fingerprint density at radius 2 is 2.08 bits per heavy atom. The number of likely N-dealkylation sites (tertiary alicyclic amines) is 1. The molecule has 1 saturated heterocycles. The Balaban J connectivity index is 2.08. The van der Waals surface area contributed by atoms with Crippen LogP contribution in [0.25, 0.3) is 0 Å². The zero-order valence-corrected chi connectivity index (χ0v) is 13.5. The summed E-state index contributed by atoms with van der Waals surface area (Å²) in [5.41, 5.74) is -0.141. The third-order valence-corrected chi connectivity index (χ3v) is 4.04. The number of nitriles is 1. The molecule has 8 heteroatoms. The summed E-state index contributed by atoms with van der Waals surface area (Å²) in [6.07, 6.45) is 0.526. The minimum atomic E-state index is -0.700. The van der Waals surface area contributed by atoms with Gasteiger partial charge in [-0.25, -0.2) is 8.78 Å². The molecule has 0 bridgehead atoms. The third-order valence-electron chi connectivity index (χ3n) is 3.68. The number of nitrogens with zero attached hydrogens (tertiary/aromatic N) is 2. The number of nitrogens with one attached hydrogen (secondary N) is 2. The number of benzene rings is 1. The van der Waals surface area contributed by atoms with Crippen molar-refractivity contribution in [2.75, 3.05) is 13.1 Å². The fourth-order valence-corrected chi connectivity index (χ4v) is 2.61. The van der Waals surface area contributed by atoms with Crippen LogP contribution >= 0.6 is 11.6 Å². The van der Waals surface area contributed by atoms with Crippen LogP contribution in [0.5, 0.6) is 0 Å². The summed E-state index contributed by atoms with van der Waals surface area (Å²) < 4.78 is 27.2. The number of halogens is 3. The molecule has 0 aliphatic carbocycles. The highest BCUT2D eigenvalue weighted by Gasteiger charge is 2.29. The molecule has 1 aromatic carbocycles. The second-order valence-corrected chi connectivity index (χ2v) is 5.55. The molecule has 0 atom stereocenters. The number of hydrogen-bond acceptors (Lipinski definition) is 4. The first-order chi connectivity index (χ1) is 11.5. The average Bonchev–Trinajstić information content (AvgIpc) is 2.55. The normalized spacial score (nSPS) is 16.8. The Labute approximate surface area is 143 Å². The second kappa shape index (κ2) is 7.88. The first kappa shape index (κ1) is 17.9. The number of hydrogen-bond donors (Lipinski definition) is 2. The van der Waals surface area contributed by atoms with Crippen molar-refractivity contribution in [3.8, 4) is 6.07 Å². The molecule has 1 aliphatic heterocycles. The first-order valence-electron chi connectivity index (χ1n) is 7.26. The molecule has 24 heavy (non-hydrogen) atoms. The Morgan fingerprint density at radius 3 is 2.71 bits per heavy atom. The monoisotopic (exact) mass is 352 g/mol. The van der Waals surface area contributed by atoms with Gasteiger partial charge in [0.15, 0.2) is 0 Å². The molecule has 126 valence electrons. The van der Waals surface area contributed by atoms with E-state index >= 15 is 0 Å². The van der Waals surface area contributed by atoms with Crippen molar-refractivity contribution in [1.82, 2.24) is 10.2 Å². The maximum absolute atomic E-state index is 13.6. The van der Waals surface area contributed by atoms with E-state index in [1.807, 2.05) is 6.07 Å². The third kappa shape index (κ3) is 3.89. The topological polar surface area (TPSA) is 80.0 Å². The maximum Gasteiger partial charge on any atom is 0.272 e. The van der Waals surface area contributed by atoms with E-state index in [9.17, 15) is 13.6 Å². The molecule has 0 aromatic heterocycles. The van der Waals surface area contributed by atoms with Gasteiger partial charge in [-0.15, -0.1) is 0 Å². The molecular formula is C16H15ClF2N4O. The molecule has 2 rings (SSSR count). The quantitative estimate of drug-likeness (QED) is 0.799. The zero-order chi connectivity index (χ0) is 17.7. The van der Waals surface area contributed by atoms with E-state index < -0.39 is 17.5 Å². The Morgan fingerprint density at radius 1 is 1.42 bits per heavy atom. The van der Waals surface area contributed by atoms with Gasteiger partial charge in [0.2, 0.25) is 0 Å². The van der Waals surface area contributed by atoms with Crippen molar-refractivity contribution in [3.63, 3.8) is 0 Å². The number of rotatable bonds is 5. The van der Waals surface area contributed by atoms with Crippen LogP contribution in [-0.2, 0) is 11.3 Å². The SMILES string of the molecule is N#CCCN1CC/C(=C(\Cl)NCc2c(F)cccc2F)C(=N)C1=O. The molecule has 0 radical (unpaired) electrons. The minimum Gasteiger partial charge on any atom is -0.371 e. The summed E-state index contributed by atoms with van der Waals surface area (Å²) in [4.78, 5) is 13.5. The highest BCUT2D eigenvalue weighted by Crippen LogP contribution is 2.21. The Hall–Kier alpha value is -2.46. The lowest BCUT2D eigenvalue weighted by Gasteiger charge is -2.28. The fraction of sp³-hybridized carbons (Fsp3) is 0.312. The molecule has 1 heterocycles. The van der Waals surface area contributed by atoms with Gasteiger partial charge in [-0.2, -0.15) is 5.26 Å². The second-order valence-electron chi connectivity index (χ2n) is 5.17. The van der Waals surface area contributed by atoms with E-state index in [2.05, 4.69) is 5.32 Å². The average molecular weight is 353 g/mol. The molecule has 1 aromatic rings. The van der Waals surface area contributed by atoms with Gasteiger partial charge in [0.05, 0.1) is 12.5 Å². The summed E-state index contributed by atoms with van der Waals surface area (Å²) >= 11 is 6.09. The molecule has 1 amide bonds. The highest BCUT2D eigenvalue weighted by atomic mass is 35.5. The fourth-order valence-electron chi connectivity index (χ4n) is 2.35. The summed E-state index contributed by atoms with van der Waals surface area (Å²) in [6, 6.07) is 5.49. The summed E-state index contributed by atoms with van der Waals surface area (Å²) in [6.45, 7) is 0.404. The number of carbonyl (C=O) groups excluding carboxylic acids is 1. The van der Waals surface area contributed by atoms with Crippen LogP contribution in [0.3, 0.4) is 0 Å². The van der Waals surface area contributed by atoms with Gasteiger partial charge in [0, 0.05) is 30.8 Å². The minimum absolute atomic E-state index is 0.0240. The molecule has 1 aliphatic rings. The van der Waals surface area contributed by atoms with Gasteiger partial charge in [-0.1, -0.05) is 17.7 Å². The lowest BCUT2D eigenvalue weighted by atomic mass is 10.0. The molecule has 0 spiro atoms. The van der Waals surface area contributed by atoms with Gasteiger partial charge in [0.25, 0.3) is 5.91 Å². The predicted octanol–water partition coefficient (Wildman–Crippen LogP) is 2.67. The van der Waals surface area contributed by atoms with Gasteiger partial charge < -0.3 is 10.2 Å². The summed E-state index contributed by atoms with van der Waals surface area (Å²) in [5, 5.41) is 19.2. The molecule has 2 N–H and O–H groups in total. The Kier molecular flexibility index (Phi) is 5.88. The van der Waals surface area contributed by atoms with Crippen molar-refractivity contribution in [1.29, 1.82) is 10.7 Å². The van der Waals surface area contributed by atoms with Crippen molar-refractivity contribution in [2.45, 2.75) is 19.4 Å². The van der Waals surface area contributed by atoms with E-state index in [0.29, 0.717) is 18.5 Å². The van der Waals surface area contributed by atoms with Crippen LogP contribution < -0.4 is 5.32 Å². The van der Waals surface area contributed by atoms with Crippen LogP contribution in [0.4, 0.5) is 8.78 Å². The molecule has 1 fully saturated rings. The number of carbonyl (C=O) groups is 1. The van der Waals surface area contributed by atoms with Crippen molar-refractivity contribution in [3.05, 3.63) is 46.1 Å². The summed E-state index contributed by atoms with van der Waals surface area (Å²) in [5.74, 6) is -1.91.